The van der Waals surface area contributed by atoms with E-state index in [-0.39, 0.29) is 11.3 Å². The number of thiol groups is 1. The van der Waals surface area contributed by atoms with Gasteiger partial charge in [-0.1, -0.05) is 20.8 Å². The molecule has 0 heterocycles. The van der Waals surface area contributed by atoms with Crippen LogP contribution in [0.15, 0.2) is 0 Å². The molecule has 0 atom stereocenters. The number of hydrogen-bond acceptors (Lipinski definition) is 3. The Balaban J connectivity index is 3.78. The summed E-state index contributed by atoms with van der Waals surface area (Å²) in [5.74, 6) is 0.301. The number of imide groups is 1. The van der Waals surface area contributed by atoms with E-state index in [0.29, 0.717) is 18.7 Å². The Morgan fingerprint density at radius 2 is 1.86 bits per heavy atom. The van der Waals surface area contributed by atoms with Crippen molar-refractivity contribution >= 4 is 24.6 Å². The Kier molecular flexibility index (Phi) is 5.60. The standard InChI is InChI=1S/C9H18N2O2S/c1-9(2,3)6-7(12)11-8(13)10-4-5-14/h14H,4-6H2,1-3H3,(H2,10,11,12,13). The molecule has 3 amide bonds. The van der Waals surface area contributed by atoms with Crippen LogP contribution in [-0.4, -0.2) is 24.2 Å². The monoisotopic (exact) mass is 218 g/mol. The Bertz CT molecular complexity index is 211. The maximum absolute atomic E-state index is 11.2. The maximum Gasteiger partial charge on any atom is 0.321 e. The van der Waals surface area contributed by atoms with Crippen molar-refractivity contribution in [2.45, 2.75) is 27.2 Å². The van der Waals surface area contributed by atoms with Crippen molar-refractivity contribution in [1.29, 1.82) is 0 Å². The van der Waals surface area contributed by atoms with E-state index in [2.05, 4.69) is 23.3 Å². The molecule has 5 heteroatoms. The Hall–Kier alpha value is -0.710. The van der Waals surface area contributed by atoms with Crippen molar-refractivity contribution in [1.82, 2.24) is 10.6 Å². The van der Waals surface area contributed by atoms with Crippen LogP contribution in [0.25, 0.3) is 0 Å². The molecule has 0 spiro atoms. The van der Waals surface area contributed by atoms with Gasteiger partial charge >= 0.3 is 6.03 Å². The molecule has 0 aromatic rings. The predicted molar refractivity (Wildman–Crippen MR) is 59.5 cm³/mol. The lowest BCUT2D eigenvalue weighted by Crippen LogP contribution is -2.41. The maximum atomic E-state index is 11.2. The van der Waals surface area contributed by atoms with Gasteiger partial charge in [-0.3, -0.25) is 10.1 Å². The molecule has 2 N–H and O–H groups in total. The number of nitrogens with one attached hydrogen (secondary N) is 2. The SMILES string of the molecule is CC(C)(C)CC(=O)NC(=O)NCCS. The number of amides is 3. The van der Waals surface area contributed by atoms with Crippen molar-refractivity contribution in [3.8, 4) is 0 Å². The first kappa shape index (κ1) is 13.3. The van der Waals surface area contributed by atoms with Gasteiger partial charge in [0.15, 0.2) is 0 Å². The number of urea groups is 1. The highest BCUT2D eigenvalue weighted by Crippen LogP contribution is 2.17. The van der Waals surface area contributed by atoms with Crippen LogP contribution in [0.2, 0.25) is 0 Å². The summed E-state index contributed by atoms with van der Waals surface area (Å²) in [6.45, 7) is 6.28. The fraction of sp³-hybridized carbons (Fsp3) is 0.778. The zero-order valence-corrected chi connectivity index (χ0v) is 9.78. The smallest absolute Gasteiger partial charge is 0.321 e. The zero-order valence-electron chi connectivity index (χ0n) is 8.89. The fourth-order valence-electron chi connectivity index (χ4n) is 0.866. The Labute approximate surface area is 90.2 Å². The molecule has 0 aromatic carbocycles. The molecular formula is C9H18N2O2S. The second-order valence-corrected chi connectivity index (χ2v) is 4.71. The molecule has 0 saturated heterocycles. The topological polar surface area (TPSA) is 58.2 Å². The Morgan fingerprint density at radius 1 is 1.29 bits per heavy atom. The van der Waals surface area contributed by atoms with Crippen molar-refractivity contribution in [2.24, 2.45) is 5.41 Å². The minimum absolute atomic E-state index is 0.103. The van der Waals surface area contributed by atoms with Gasteiger partial charge in [0.2, 0.25) is 5.91 Å². The van der Waals surface area contributed by atoms with Gasteiger partial charge in [-0.15, -0.1) is 0 Å². The molecule has 0 rings (SSSR count). The largest absolute Gasteiger partial charge is 0.337 e. The summed E-state index contributed by atoms with van der Waals surface area (Å²) in [6.07, 6.45) is 0.335. The summed E-state index contributed by atoms with van der Waals surface area (Å²) < 4.78 is 0. The number of carbonyl (C=O) groups is 2. The molecule has 0 aromatic heterocycles. The van der Waals surface area contributed by atoms with Gasteiger partial charge in [0.05, 0.1) is 0 Å². The number of rotatable bonds is 3. The first-order chi connectivity index (χ1) is 6.35. The van der Waals surface area contributed by atoms with Crippen molar-refractivity contribution in [3.63, 3.8) is 0 Å². The molecule has 0 unspecified atom stereocenters. The van der Waals surface area contributed by atoms with Crippen molar-refractivity contribution < 1.29 is 9.59 Å². The molecular weight excluding hydrogens is 200 g/mol. The second-order valence-electron chi connectivity index (χ2n) is 4.27. The summed E-state index contributed by atoms with van der Waals surface area (Å²) in [6, 6.07) is -0.451. The van der Waals surface area contributed by atoms with E-state index >= 15 is 0 Å². The molecule has 82 valence electrons. The third-order valence-corrected chi connectivity index (χ3v) is 1.56. The van der Waals surface area contributed by atoms with Crippen molar-refractivity contribution in [3.05, 3.63) is 0 Å². The van der Waals surface area contributed by atoms with Gasteiger partial charge in [-0.05, 0) is 5.41 Å². The molecule has 0 saturated carbocycles. The first-order valence-corrected chi connectivity index (χ1v) is 5.17. The Morgan fingerprint density at radius 3 is 2.29 bits per heavy atom. The van der Waals surface area contributed by atoms with Crippen molar-refractivity contribution in [2.75, 3.05) is 12.3 Å². The van der Waals surface area contributed by atoms with E-state index in [1.807, 2.05) is 20.8 Å². The summed E-state index contributed by atoms with van der Waals surface area (Å²) in [7, 11) is 0. The fourth-order valence-corrected chi connectivity index (χ4v) is 0.978. The second kappa shape index (κ2) is 5.90. The van der Waals surface area contributed by atoms with Crippen LogP contribution in [0.4, 0.5) is 4.79 Å². The van der Waals surface area contributed by atoms with E-state index in [4.69, 9.17) is 0 Å². The van der Waals surface area contributed by atoms with Gasteiger partial charge in [0.1, 0.15) is 0 Å². The van der Waals surface area contributed by atoms with Gasteiger partial charge in [-0.2, -0.15) is 12.6 Å². The molecule has 0 aliphatic rings. The number of hydrogen-bond donors (Lipinski definition) is 3. The van der Waals surface area contributed by atoms with E-state index in [9.17, 15) is 9.59 Å². The summed E-state index contributed by atoms with van der Waals surface area (Å²) in [4.78, 5) is 22.3. The van der Waals surface area contributed by atoms with E-state index in [0.717, 1.165) is 0 Å². The normalized spacial score (nSPS) is 10.9. The average Bonchev–Trinajstić information content (AvgIpc) is 1.96. The summed E-state index contributed by atoms with van der Waals surface area (Å²) >= 11 is 3.93. The minimum atomic E-state index is -0.451. The first-order valence-electron chi connectivity index (χ1n) is 4.54. The highest BCUT2D eigenvalue weighted by molar-refractivity contribution is 7.80. The predicted octanol–water partition coefficient (Wildman–Crippen LogP) is 1.18. The molecule has 14 heavy (non-hydrogen) atoms. The molecule has 0 radical (unpaired) electrons. The summed E-state index contributed by atoms with van der Waals surface area (Å²) in [5, 5.41) is 4.75. The van der Waals surface area contributed by atoms with Gasteiger partial charge in [-0.25, -0.2) is 4.79 Å². The van der Waals surface area contributed by atoms with Crippen LogP contribution in [0, 0.1) is 5.41 Å². The van der Waals surface area contributed by atoms with Crippen LogP contribution in [0.5, 0.6) is 0 Å². The molecule has 0 bridgehead atoms. The molecule has 0 aliphatic heterocycles. The molecule has 0 fully saturated rings. The van der Waals surface area contributed by atoms with Crippen LogP contribution >= 0.6 is 12.6 Å². The number of carbonyl (C=O) groups excluding carboxylic acids is 2. The van der Waals surface area contributed by atoms with Crippen LogP contribution < -0.4 is 10.6 Å². The molecule has 0 aliphatic carbocycles. The van der Waals surface area contributed by atoms with Crippen LogP contribution in [0.3, 0.4) is 0 Å². The lowest BCUT2D eigenvalue weighted by Gasteiger charge is -2.16. The van der Waals surface area contributed by atoms with E-state index in [1.165, 1.54) is 0 Å². The lowest BCUT2D eigenvalue weighted by molar-refractivity contribution is -0.121. The lowest BCUT2D eigenvalue weighted by atomic mass is 9.92. The minimum Gasteiger partial charge on any atom is -0.337 e. The van der Waals surface area contributed by atoms with Gasteiger partial charge in [0, 0.05) is 18.7 Å². The average molecular weight is 218 g/mol. The van der Waals surface area contributed by atoms with E-state index in [1.54, 1.807) is 0 Å². The van der Waals surface area contributed by atoms with Gasteiger partial charge in [0.25, 0.3) is 0 Å². The third kappa shape index (κ3) is 7.91. The third-order valence-electron chi connectivity index (χ3n) is 1.34. The zero-order chi connectivity index (χ0) is 11.2. The van der Waals surface area contributed by atoms with E-state index < -0.39 is 6.03 Å². The molecule has 4 nitrogen and oxygen atoms in total. The van der Waals surface area contributed by atoms with Crippen LogP contribution in [-0.2, 0) is 4.79 Å². The summed E-state index contributed by atoms with van der Waals surface area (Å²) in [5.41, 5.74) is -0.103. The van der Waals surface area contributed by atoms with Crippen LogP contribution in [0.1, 0.15) is 27.2 Å². The van der Waals surface area contributed by atoms with Gasteiger partial charge < -0.3 is 5.32 Å². The highest BCUT2D eigenvalue weighted by Gasteiger charge is 2.17. The quantitative estimate of drug-likeness (QED) is 0.623. The highest BCUT2D eigenvalue weighted by atomic mass is 32.1.